The van der Waals surface area contributed by atoms with Gasteiger partial charge in [-0.05, 0) is 42.8 Å². The fourth-order valence-electron chi connectivity index (χ4n) is 2.74. The van der Waals surface area contributed by atoms with E-state index >= 15 is 0 Å². The van der Waals surface area contributed by atoms with Gasteiger partial charge in [-0.2, -0.15) is 9.78 Å². The summed E-state index contributed by atoms with van der Waals surface area (Å²) in [5.74, 6) is 0.759. The Morgan fingerprint density at radius 3 is 2.72 bits per heavy atom. The summed E-state index contributed by atoms with van der Waals surface area (Å²) >= 11 is 3.35. The molecule has 0 atom stereocenters. The maximum atomic E-state index is 12.7. The van der Waals surface area contributed by atoms with Crippen LogP contribution in [0.5, 0.6) is 0 Å². The highest BCUT2D eigenvalue weighted by Gasteiger charge is 2.17. The van der Waals surface area contributed by atoms with Crippen molar-refractivity contribution in [2.45, 2.75) is 13.3 Å². The Morgan fingerprint density at radius 2 is 2.03 bits per heavy atom. The second-order valence-corrected chi connectivity index (χ2v) is 7.09. The van der Waals surface area contributed by atoms with Gasteiger partial charge in [0.1, 0.15) is 11.5 Å². The van der Waals surface area contributed by atoms with Gasteiger partial charge in [-0.15, -0.1) is 0 Å². The number of aromatic amines is 1. The second-order valence-electron chi connectivity index (χ2n) is 6.18. The zero-order chi connectivity index (χ0) is 20.4. The molecular weight excluding hydrogens is 438 g/mol. The van der Waals surface area contributed by atoms with Crippen molar-refractivity contribution < 1.29 is 9.21 Å². The van der Waals surface area contributed by atoms with Gasteiger partial charge >= 0.3 is 0 Å². The van der Waals surface area contributed by atoms with E-state index in [1.165, 1.54) is 17.0 Å². The Hall–Kier alpha value is -3.46. The van der Waals surface area contributed by atoms with E-state index in [1.807, 2.05) is 6.92 Å². The predicted octanol–water partition coefficient (Wildman–Crippen LogP) is 3.79. The molecule has 1 amide bonds. The molecular formula is C20H16BrN5O3. The van der Waals surface area contributed by atoms with Crippen molar-refractivity contribution in [1.82, 2.24) is 19.7 Å². The third-order valence-corrected chi connectivity index (χ3v) is 4.70. The Kier molecular flexibility index (Phi) is 5.13. The number of furan rings is 1. The number of rotatable bonds is 5. The first-order valence-electron chi connectivity index (χ1n) is 8.85. The number of hydrogen-bond acceptors (Lipinski definition) is 5. The van der Waals surface area contributed by atoms with Crippen molar-refractivity contribution in [3.05, 3.63) is 80.9 Å². The van der Waals surface area contributed by atoms with Crippen molar-refractivity contribution in [1.29, 1.82) is 0 Å². The SMILES string of the molecule is CCc1cc(=O)[nH]c(-n2nc(-c3ccco3)cc2NC(=O)c2ccc(Br)cc2)n1. The molecule has 0 fully saturated rings. The lowest BCUT2D eigenvalue weighted by molar-refractivity contribution is 0.102. The molecule has 0 bridgehead atoms. The van der Waals surface area contributed by atoms with Gasteiger partial charge in [0.2, 0.25) is 5.95 Å². The molecule has 9 heteroatoms. The molecule has 0 aliphatic rings. The maximum Gasteiger partial charge on any atom is 0.256 e. The van der Waals surface area contributed by atoms with E-state index < -0.39 is 0 Å². The molecule has 0 saturated carbocycles. The van der Waals surface area contributed by atoms with Crippen LogP contribution in [0, 0.1) is 0 Å². The van der Waals surface area contributed by atoms with E-state index in [1.54, 1.807) is 42.5 Å². The molecule has 146 valence electrons. The van der Waals surface area contributed by atoms with Crippen LogP contribution in [-0.4, -0.2) is 25.7 Å². The molecule has 0 aliphatic heterocycles. The molecule has 29 heavy (non-hydrogen) atoms. The Morgan fingerprint density at radius 1 is 1.24 bits per heavy atom. The van der Waals surface area contributed by atoms with Crippen LogP contribution in [0.25, 0.3) is 17.4 Å². The monoisotopic (exact) mass is 453 g/mol. The fraction of sp³-hybridized carbons (Fsp3) is 0.100. The predicted molar refractivity (Wildman–Crippen MR) is 111 cm³/mol. The third kappa shape index (κ3) is 4.04. The third-order valence-electron chi connectivity index (χ3n) is 4.18. The standard InChI is InChI=1S/C20H16BrN5O3/c1-2-14-10-18(27)24-20(22-14)26-17(11-15(25-26)16-4-3-9-29-16)23-19(28)12-5-7-13(21)8-6-12/h3-11H,2H2,1H3,(H,23,28)(H,22,24,27). The first-order chi connectivity index (χ1) is 14.0. The topological polar surface area (TPSA) is 106 Å². The van der Waals surface area contributed by atoms with Crippen molar-refractivity contribution in [3.63, 3.8) is 0 Å². The highest BCUT2D eigenvalue weighted by atomic mass is 79.9. The van der Waals surface area contributed by atoms with E-state index in [0.29, 0.717) is 35.0 Å². The lowest BCUT2D eigenvalue weighted by Crippen LogP contribution is -2.19. The van der Waals surface area contributed by atoms with E-state index in [0.717, 1.165) is 4.47 Å². The van der Waals surface area contributed by atoms with Crippen LogP contribution < -0.4 is 10.9 Å². The van der Waals surface area contributed by atoms with Gasteiger partial charge < -0.3 is 9.73 Å². The molecule has 0 saturated heterocycles. The van der Waals surface area contributed by atoms with Crippen molar-refractivity contribution in [2.75, 3.05) is 5.32 Å². The van der Waals surface area contributed by atoms with Gasteiger partial charge in [0.05, 0.1) is 6.26 Å². The lowest BCUT2D eigenvalue weighted by Gasteiger charge is -2.09. The zero-order valence-corrected chi connectivity index (χ0v) is 16.9. The number of carbonyl (C=O) groups excluding carboxylic acids is 1. The van der Waals surface area contributed by atoms with Gasteiger partial charge in [-0.25, -0.2) is 4.98 Å². The van der Waals surface area contributed by atoms with Gasteiger partial charge in [0, 0.05) is 27.9 Å². The summed E-state index contributed by atoms with van der Waals surface area (Å²) in [5, 5.41) is 7.29. The summed E-state index contributed by atoms with van der Waals surface area (Å²) in [6, 6.07) is 13.6. The molecule has 2 N–H and O–H groups in total. The van der Waals surface area contributed by atoms with E-state index in [9.17, 15) is 9.59 Å². The number of benzene rings is 1. The van der Waals surface area contributed by atoms with Gasteiger partial charge in [-0.1, -0.05) is 22.9 Å². The highest BCUT2D eigenvalue weighted by Crippen LogP contribution is 2.24. The molecule has 0 spiro atoms. The molecule has 4 aromatic rings. The minimum atomic E-state index is -0.321. The average Bonchev–Trinajstić information content (AvgIpc) is 3.38. The summed E-state index contributed by atoms with van der Waals surface area (Å²) in [6.07, 6.45) is 2.12. The summed E-state index contributed by atoms with van der Waals surface area (Å²) in [4.78, 5) is 31.8. The normalized spacial score (nSPS) is 10.8. The largest absolute Gasteiger partial charge is 0.463 e. The number of amides is 1. The van der Waals surface area contributed by atoms with Crippen LogP contribution >= 0.6 is 15.9 Å². The molecule has 8 nitrogen and oxygen atoms in total. The summed E-state index contributed by atoms with van der Waals surface area (Å²) < 4.78 is 7.67. The number of anilines is 1. The number of aryl methyl sites for hydroxylation is 1. The number of nitrogens with one attached hydrogen (secondary N) is 2. The van der Waals surface area contributed by atoms with Crippen LogP contribution in [-0.2, 0) is 6.42 Å². The maximum absolute atomic E-state index is 12.7. The molecule has 0 aliphatic carbocycles. The minimum Gasteiger partial charge on any atom is -0.463 e. The molecule has 4 rings (SSSR count). The fourth-order valence-corrected chi connectivity index (χ4v) is 3.01. The number of nitrogens with zero attached hydrogens (tertiary/aromatic N) is 3. The van der Waals surface area contributed by atoms with Crippen molar-refractivity contribution in [2.24, 2.45) is 0 Å². The number of aromatic nitrogens is 4. The van der Waals surface area contributed by atoms with Crippen LogP contribution in [0.1, 0.15) is 23.0 Å². The van der Waals surface area contributed by atoms with Gasteiger partial charge in [0.25, 0.3) is 11.5 Å². The molecule has 3 heterocycles. The lowest BCUT2D eigenvalue weighted by atomic mass is 10.2. The number of H-pyrrole nitrogens is 1. The summed E-state index contributed by atoms with van der Waals surface area (Å²) in [7, 11) is 0. The van der Waals surface area contributed by atoms with Gasteiger partial charge in [0.15, 0.2) is 5.76 Å². The van der Waals surface area contributed by atoms with Crippen LogP contribution in [0.15, 0.2) is 68.5 Å². The van der Waals surface area contributed by atoms with Crippen molar-refractivity contribution in [3.8, 4) is 17.4 Å². The molecule has 1 aromatic carbocycles. The first kappa shape index (κ1) is 18.9. The molecule has 0 radical (unpaired) electrons. The quantitative estimate of drug-likeness (QED) is 0.477. The smallest absolute Gasteiger partial charge is 0.256 e. The van der Waals surface area contributed by atoms with Crippen LogP contribution in [0.4, 0.5) is 5.82 Å². The molecule has 3 aromatic heterocycles. The van der Waals surface area contributed by atoms with Crippen molar-refractivity contribution >= 4 is 27.7 Å². The number of halogens is 1. The average molecular weight is 454 g/mol. The van der Waals surface area contributed by atoms with Gasteiger partial charge in [-0.3, -0.25) is 14.6 Å². The second kappa shape index (κ2) is 7.88. The Balaban J connectivity index is 1.77. The number of hydrogen-bond donors (Lipinski definition) is 2. The summed E-state index contributed by atoms with van der Waals surface area (Å²) in [6.45, 7) is 1.90. The van der Waals surface area contributed by atoms with E-state index in [-0.39, 0.29) is 17.4 Å². The van der Waals surface area contributed by atoms with Crippen LogP contribution in [0.2, 0.25) is 0 Å². The Labute approximate surface area is 173 Å². The van der Waals surface area contributed by atoms with E-state index in [4.69, 9.17) is 4.42 Å². The summed E-state index contributed by atoms with van der Waals surface area (Å²) in [5.41, 5.74) is 1.28. The minimum absolute atomic E-state index is 0.207. The molecule has 0 unspecified atom stereocenters. The zero-order valence-electron chi connectivity index (χ0n) is 15.3. The first-order valence-corrected chi connectivity index (χ1v) is 9.64. The Bertz CT molecular complexity index is 1210. The highest BCUT2D eigenvalue weighted by molar-refractivity contribution is 9.10. The van der Waals surface area contributed by atoms with Crippen LogP contribution in [0.3, 0.4) is 0 Å². The van der Waals surface area contributed by atoms with E-state index in [2.05, 4.69) is 36.3 Å². The number of carbonyl (C=O) groups is 1.